The molecule has 2 amide bonds. The molecule has 0 bridgehead atoms. The van der Waals surface area contributed by atoms with E-state index in [9.17, 15) is 14.7 Å². The average Bonchev–Trinajstić information content (AvgIpc) is 2.81. The van der Waals surface area contributed by atoms with Gasteiger partial charge in [0, 0.05) is 12.1 Å². The first-order valence-electron chi connectivity index (χ1n) is 5.69. The summed E-state index contributed by atoms with van der Waals surface area (Å²) in [6, 6.07) is 3.72. The van der Waals surface area contributed by atoms with Crippen LogP contribution < -0.4 is 11.5 Å². The van der Waals surface area contributed by atoms with Crippen LogP contribution in [0.2, 0.25) is 0 Å². The number of amides is 2. The highest BCUT2D eigenvalue weighted by Crippen LogP contribution is 2.24. The van der Waals surface area contributed by atoms with Crippen LogP contribution in [-0.4, -0.2) is 34.4 Å². The number of nitrogens with zero attached hydrogens (tertiary/aromatic N) is 1. The minimum absolute atomic E-state index is 0.143. The first-order chi connectivity index (χ1) is 8.50. The Kier molecular flexibility index (Phi) is 3.10. The fourth-order valence-corrected chi connectivity index (χ4v) is 2.15. The van der Waals surface area contributed by atoms with Gasteiger partial charge < -0.3 is 21.5 Å². The SMILES string of the molecule is NC(=O)C1CCCN1C(=O)c1ccc(N)c(O)c1. The summed E-state index contributed by atoms with van der Waals surface area (Å²) in [7, 11) is 0. The van der Waals surface area contributed by atoms with Crippen LogP contribution in [0.25, 0.3) is 0 Å². The predicted octanol–water partition coefficient (Wildman–Crippen LogP) is 0.0643. The van der Waals surface area contributed by atoms with E-state index in [4.69, 9.17) is 11.5 Å². The largest absolute Gasteiger partial charge is 0.506 e. The third-order valence-corrected chi connectivity index (χ3v) is 3.12. The van der Waals surface area contributed by atoms with Crippen molar-refractivity contribution in [3.63, 3.8) is 0 Å². The van der Waals surface area contributed by atoms with E-state index in [-0.39, 0.29) is 17.3 Å². The number of primary amides is 1. The Morgan fingerprint density at radius 2 is 2.11 bits per heavy atom. The molecule has 18 heavy (non-hydrogen) atoms. The Morgan fingerprint density at radius 1 is 1.39 bits per heavy atom. The Balaban J connectivity index is 2.25. The number of phenols is 1. The van der Waals surface area contributed by atoms with E-state index in [1.54, 1.807) is 0 Å². The number of phenolic OH excluding ortho intramolecular Hbond substituents is 1. The number of carbonyl (C=O) groups excluding carboxylic acids is 2. The van der Waals surface area contributed by atoms with Crippen LogP contribution in [0.15, 0.2) is 18.2 Å². The maximum atomic E-state index is 12.2. The highest BCUT2D eigenvalue weighted by Gasteiger charge is 2.33. The summed E-state index contributed by atoms with van der Waals surface area (Å²) < 4.78 is 0. The fourth-order valence-electron chi connectivity index (χ4n) is 2.15. The molecule has 1 heterocycles. The number of carbonyl (C=O) groups is 2. The molecule has 1 aromatic carbocycles. The van der Waals surface area contributed by atoms with E-state index in [0.717, 1.165) is 6.42 Å². The summed E-state index contributed by atoms with van der Waals surface area (Å²) in [5.41, 5.74) is 11.2. The van der Waals surface area contributed by atoms with Crippen LogP contribution in [0.1, 0.15) is 23.2 Å². The van der Waals surface area contributed by atoms with E-state index >= 15 is 0 Å². The molecule has 1 saturated heterocycles. The molecule has 0 aromatic heterocycles. The molecule has 0 aliphatic carbocycles. The van der Waals surface area contributed by atoms with Gasteiger partial charge in [-0.2, -0.15) is 0 Å². The van der Waals surface area contributed by atoms with Gasteiger partial charge in [-0.05, 0) is 31.0 Å². The van der Waals surface area contributed by atoms with Gasteiger partial charge in [0.05, 0.1) is 5.69 Å². The number of aromatic hydroxyl groups is 1. The van der Waals surface area contributed by atoms with Gasteiger partial charge in [-0.1, -0.05) is 0 Å². The van der Waals surface area contributed by atoms with Crippen LogP contribution in [-0.2, 0) is 4.79 Å². The highest BCUT2D eigenvalue weighted by atomic mass is 16.3. The zero-order valence-electron chi connectivity index (χ0n) is 9.80. The lowest BCUT2D eigenvalue weighted by Gasteiger charge is -2.22. The quantitative estimate of drug-likeness (QED) is 0.508. The number of hydrogen-bond acceptors (Lipinski definition) is 4. The van der Waals surface area contributed by atoms with Crippen molar-refractivity contribution in [3.8, 4) is 5.75 Å². The molecule has 1 aliphatic heterocycles. The first kappa shape index (κ1) is 12.2. The summed E-state index contributed by atoms with van der Waals surface area (Å²) >= 11 is 0. The van der Waals surface area contributed by atoms with Crippen molar-refractivity contribution in [1.82, 2.24) is 4.90 Å². The third kappa shape index (κ3) is 2.09. The van der Waals surface area contributed by atoms with Gasteiger partial charge in [0.2, 0.25) is 5.91 Å². The second-order valence-electron chi connectivity index (χ2n) is 4.33. The van der Waals surface area contributed by atoms with Crippen LogP contribution in [0.3, 0.4) is 0 Å². The molecular weight excluding hydrogens is 234 g/mol. The molecule has 5 N–H and O–H groups in total. The zero-order valence-corrected chi connectivity index (χ0v) is 9.80. The summed E-state index contributed by atoms with van der Waals surface area (Å²) in [5.74, 6) is -0.956. The molecule has 0 saturated carbocycles. The minimum atomic E-state index is -0.558. The molecule has 1 unspecified atom stereocenters. The topological polar surface area (TPSA) is 110 Å². The molecule has 6 heteroatoms. The van der Waals surface area contributed by atoms with Crippen LogP contribution in [0, 0.1) is 0 Å². The number of likely N-dealkylation sites (tertiary alicyclic amines) is 1. The van der Waals surface area contributed by atoms with E-state index in [1.807, 2.05) is 0 Å². The lowest BCUT2D eigenvalue weighted by molar-refractivity contribution is -0.121. The molecule has 0 radical (unpaired) electrons. The maximum absolute atomic E-state index is 12.2. The number of hydrogen-bond donors (Lipinski definition) is 3. The number of rotatable bonds is 2. The van der Waals surface area contributed by atoms with E-state index < -0.39 is 11.9 Å². The monoisotopic (exact) mass is 249 g/mol. The third-order valence-electron chi connectivity index (χ3n) is 3.12. The van der Waals surface area contributed by atoms with Crippen molar-refractivity contribution < 1.29 is 14.7 Å². The van der Waals surface area contributed by atoms with Gasteiger partial charge in [-0.25, -0.2) is 0 Å². The molecule has 1 atom stereocenters. The normalized spacial score (nSPS) is 18.9. The Bertz CT molecular complexity index is 501. The van der Waals surface area contributed by atoms with Gasteiger partial charge in [0.25, 0.3) is 5.91 Å². The van der Waals surface area contributed by atoms with Crippen molar-refractivity contribution in [2.75, 3.05) is 12.3 Å². The molecule has 6 nitrogen and oxygen atoms in total. The molecule has 1 aromatic rings. The van der Waals surface area contributed by atoms with Crippen molar-refractivity contribution >= 4 is 17.5 Å². The molecular formula is C12H15N3O3. The minimum Gasteiger partial charge on any atom is -0.506 e. The van der Waals surface area contributed by atoms with Crippen molar-refractivity contribution in [2.24, 2.45) is 5.73 Å². The zero-order chi connectivity index (χ0) is 13.3. The van der Waals surface area contributed by atoms with E-state index in [2.05, 4.69) is 0 Å². The molecule has 1 aliphatic rings. The van der Waals surface area contributed by atoms with Gasteiger partial charge in [-0.3, -0.25) is 9.59 Å². The van der Waals surface area contributed by atoms with Crippen LogP contribution in [0.4, 0.5) is 5.69 Å². The Labute approximate surface area is 104 Å². The first-order valence-corrected chi connectivity index (χ1v) is 5.69. The smallest absolute Gasteiger partial charge is 0.254 e. The van der Waals surface area contributed by atoms with Crippen molar-refractivity contribution in [3.05, 3.63) is 23.8 Å². The van der Waals surface area contributed by atoms with Gasteiger partial charge in [0.15, 0.2) is 0 Å². The number of anilines is 1. The Morgan fingerprint density at radius 3 is 2.72 bits per heavy atom. The summed E-state index contributed by atoms with van der Waals surface area (Å²) in [6.07, 6.45) is 1.34. The maximum Gasteiger partial charge on any atom is 0.254 e. The summed E-state index contributed by atoms with van der Waals surface area (Å²) in [4.78, 5) is 24.9. The van der Waals surface area contributed by atoms with Crippen LogP contribution in [0.5, 0.6) is 5.75 Å². The van der Waals surface area contributed by atoms with Gasteiger partial charge in [-0.15, -0.1) is 0 Å². The molecule has 1 fully saturated rings. The lowest BCUT2D eigenvalue weighted by Crippen LogP contribution is -2.43. The molecule has 0 spiro atoms. The highest BCUT2D eigenvalue weighted by molar-refractivity contribution is 5.98. The lowest BCUT2D eigenvalue weighted by atomic mass is 10.1. The Hall–Kier alpha value is -2.24. The average molecular weight is 249 g/mol. The van der Waals surface area contributed by atoms with Crippen LogP contribution >= 0.6 is 0 Å². The van der Waals surface area contributed by atoms with Crippen molar-refractivity contribution in [1.29, 1.82) is 0 Å². The fraction of sp³-hybridized carbons (Fsp3) is 0.333. The van der Waals surface area contributed by atoms with Gasteiger partial charge >= 0.3 is 0 Å². The number of nitrogen functional groups attached to an aromatic ring is 1. The number of nitrogens with two attached hydrogens (primary N) is 2. The van der Waals surface area contributed by atoms with E-state index in [0.29, 0.717) is 18.5 Å². The second kappa shape index (κ2) is 4.56. The van der Waals surface area contributed by atoms with E-state index in [1.165, 1.54) is 23.1 Å². The van der Waals surface area contributed by atoms with Crippen molar-refractivity contribution in [2.45, 2.75) is 18.9 Å². The standard InChI is InChI=1S/C12H15N3O3/c13-8-4-3-7(6-10(8)16)12(18)15-5-1-2-9(15)11(14)17/h3-4,6,9,16H,1-2,5,13H2,(H2,14,17). The predicted molar refractivity (Wildman–Crippen MR) is 65.8 cm³/mol. The summed E-state index contributed by atoms with van der Waals surface area (Å²) in [6.45, 7) is 0.498. The molecule has 96 valence electrons. The summed E-state index contributed by atoms with van der Waals surface area (Å²) in [5, 5.41) is 9.48. The van der Waals surface area contributed by atoms with Gasteiger partial charge in [0.1, 0.15) is 11.8 Å². The second-order valence-corrected chi connectivity index (χ2v) is 4.33. The molecule has 2 rings (SSSR count). The number of benzene rings is 1.